The van der Waals surface area contributed by atoms with E-state index in [1.165, 1.54) is 24.5 Å². The molecule has 9 heteroatoms. The normalized spacial score (nSPS) is 14.3. The number of hydrogen-bond donors (Lipinski definition) is 1. The van der Waals surface area contributed by atoms with Crippen LogP contribution in [0.25, 0.3) is 10.8 Å². The summed E-state index contributed by atoms with van der Waals surface area (Å²) in [7, 11) is -4.32. The Bertz CT molecular complexity index is 778. The molecule has 0 aliphatic heterocycles. The van der Waals surface area contributed by atoms with Crippen molar-refractivity contribution in [2.45, 2.75) is 24.0 Å². The van der Waals surface area contributed by atoms with Gasteiger partial charge in [-0.05, 0) is 25.1 Å². The van der Waals surface area contributed by atoms with Gasteiger partial charge in [-0.25, -0.2) is 8.42 Å². The number of benzene rings is 1. The highest BCUT2D eigenvalue weighted by Gasteiger charge is 2.39. The first-order chi connectivity index (χ1) is 9.63. The zero-order chi connectivity index (χ0) is 15.8. The fourth-order valence-electron chi connectivity index (χ4n) is 1.72. The summed E-state index contributed by atoms with van der Waals surface area (Å²) in [4.78, 5) is 3.58. The lowest BCUT2D eigenvalue weighted by atomic mass is 10.2. The second kappa shape index (κ2) is 5.54. The molecule has 0 radical (unpaired) electrons. The molecule has 1 heterocycles. The summed E-state index contributed by atoms with van der Waals surface area (Å²) in [5.41, 5.74) is 0. The number of hydrogen-bond acceptors (Lipinski definition) is 3. The number of sulfonamides is 1. The summed E-state index contributed by atoms with van der Waals surface area (Å²) in [6.45, 7) is 0.747. The fraction of sp³-hybridized carbons (Fsp3) is 0.250. The van der Waals surface area contributed by atoms with Gasteiger partial charge >= 0.3 is 6.18 Å². The maximum Gasteiger partial charge on any atom is 0.404 e. The molecule has 1 N–H and O–H groups in total. The smallest absolute Gasteiger partial charge is 0.264 e. The van der Waals surface area contributed by atoms with Gasteiger partial charge in [-0.15, -0.1) is 0 Å². The molecular weight excluding hydrogens is 373 g/mol. The minimum atomic E-state index is -4.66. The number of alkyl halides is 3. The van der Waals surface area contributed by atoms with Crippen molar-refractivity contribution >= 4 is 36.7 Å². The first-order valence-corrected chi connectivity index (χ1v) is 8.02. The van der Waals surface area contributed by atoms with Crippen molar-refractivity contribution in [2.24, 2.45) is 0 Å². The average molecular weight is 383 g/mol. The Balaban J connectivity index is 2.54. The minimum Gasteiger partial charge on any atom is -0.264 e. The molecule has 1 unspecified atom stereocenters. The Labute approximate surface area is 127 Å². The number of nitrogens with one attached hydrogen (secondary N) is 1. The van der Waals surface area contributed by atoms with Crippen molar-refractivity contribution in [1.82, 2.24) is 9.71 Å². The molecule has 21 heavy (non-hydrogen) atoms. The van der Waals surface area contributed by atoms with Crippen LogP contribution in [0.3, 0.4) is 0 Å². The lowest BCUT2D eigenvalue weighted by molar-refractivity contribution is -0.147. The van der Waals surface area contributed by atoms with Gasteiger partial charge in [0, 0.05) is 27.6 Å². The van der Waals surface area contributed by atoms with E-state index in [0.29, 0.717) is 9.86 Å². The molecule has 0 fully saturated rings. The van der Waals surface area contributed by atoms with Crippen LogP contribution in [-0.2, 0) is 10.0 Å². The number of nitrogens with zero attached hydrogens (tertiary/aromatic N) is 1. The number of fused-ring (bicyclic) bond motifs is 1. The highest BCUT2D eigenvalue weighted by atomic mass is 79.9. The number of halogens is 4. The minimum absolute atomic E-state index is 0.244. The SMILES string of the molecule is CC(NS(=O)(=O)c1ccc(Br)c2ccncc12)C(F)(F)F. The molecule has 0 saturated heterocycles. The number of aromatic nitrogens is 1. The molecule has 1 aromatic heterocycles. The predicted molar refractivity (Wildman–Crippen MR) is 75.3 cm³/mol. The van der Waals surface area contributed by atoms with Crippen LogP contribution in [0.5, 0.6) is 0 Å². The van der Waals surface area contributed by atoms with Gasteiger partial charge in [-0.1, -0.05) is 15.9 Å². The van der Waals surface area contributed by atoms with Gasteiger partial charge in [-0.2, -0.15) is 17.9 Å². The summed E-state index contributed by atoms with van der Waals surface area (Å²) in [6, 6.07) is 2.10. The summed E-state index contributed by atoms with van der Waals surface area (Å²) < 4.78 is 64.2. The first kappa shape index (κ1) is 16.2. The van der Waals surface area contributed by atoms with Gasteiger partial charge < -0.3 is 0 Å². The zero-order valence-electron chi connectivity index (χ0n) is 10.6. The van der Waals surface area contributed by atoms with Crippen LogP contribution in [0.15, 0.2) is 40.0 Å². The summed E-state index contributed by atoms with van der Waals surface area (Å²) in [5, 5.41) is 0.793. The molecule has 4 nitrogen and oxygen atoms in total. The lowest BCUT2D eigenvalue weighted by Crippen LogP contribution is -2.43. The Kier molecular flexibility index (Phi) is 4.27. The molecule has 1 aromatic carbocycles. The van der Waals surface area contributed by atoms with E-state index in [4.69, 9.17) is 0 Å². The Morgan fingerprint density at radius 2 is 1.90 bits per heavy atom. The molecule has 0 amide bonds. The molecule has 2 rings (SSSR count). The van der Waals surface area contributed by atoms with Gasteiger partial charge in [0.15, 0.2) is 0 Å². The Morgan fingerprint density at radius 1 is 1.24 bits per heavy atom. The molecule has 0 aliphatic rings. The molecule has 0 saturated carbocycles. The highest BCUT2D eigenvalue weighted by molar-refractivity contribution is 9.10. The van der Waals surface area contributed by atoms with Gasteiger partial charge in [0.05, 0.1) is 4.90 Å². The number of pyridine rings is 1. The van der Waals surface area contributed by atoms with E-state index in [2.05, 4.69) is 20.9 Å². The average Bonchev–Trinajstić information content (AvgIpc) is 2.37. The summed E-state index contributed by atoms with van der Waals surface area (Å²) >= 11 is 3.26. The van der Waals surface area contributed by atoms with Crippen LogP contribution in [0, 0.1) is 0 Å². The Hall–Kier alpha value is -1.19. The second-order valence-electron chi connectivity index (χ2n) is 4.35. The molecule has 0 spiro atoms. The van der Waals surface area contributed by atoms with E-state index in [-0.39, 0.29) is 10.3 Å². The summed E-state index contributed by atoms with van der Waals surface area (Å²) in [5.74, 6) is 0. The lowest BCUT2D eigenvalue weighted by Gasteiger charge is -2.18. The van der Waals surface area contributed by atoms with Crippen LogP contribution >= 0.6 is 15.9 Å². The number of rotatable bonds is 3. The van der Waals surface area contributed by atoms with Crippen molar-refractivity contribution in [3.05, 3.63) is 35.1 Å². The standard InChI is InChI=1S/C12H10BrF3N2O2S/c1-7(12(14,15)16)18-21(19,20)11-3-2-10(13)8-4-5-17-6-9(8)11/h2-7,18H,1H3. The van der Waals surface area contributed by atoms with Crippen LogP contribution in [0.4, 0.5) is 13.2 Å². The second-order valence-corrected chi connectivity index (χ2v) is 6.89. The molecule has 1 atom stereocenters. The quantitative estimate of drug-likeness (QED) is 0.886. The van der Waals surface area contributed by atoms with E-state index >= 15 is 0 Å². The van der Waals surface area contributed by atoms with E-state index in [9.17, 15) is 21.6 Å². The third-order valence-electron chi connectivity index (χ3n) is 2.84. The largest absolute Gasteiger partial charge is 0.404 e. The van der Waals surface area contributed by atoms with Gasteiger partial charge in [0.2, 0.25) is 10.0 Å². The molecule has 2 aromatic rings. The van der Waals surface area contributed by atoms with E-state index < -0.39 is 22.2 Å². The Morgan fingerprint density at radius 3 is 2.52 bits per heavy atom. The fourth-order valence-corrected chi connectivity index (χ4v) is 3.63. The summed E-state index contributed by atoms with van der Waals surface area (Å²) in [6.07, 6.45) is -1.89. The monoisotopic (exact) mass is 382 g/mol. The topological polar surface area (TPSA) is 59.1 Å². The van der Waals surface area contributed by atoms with Crippen LogP contribution in [-0.4, -0.2) is 25.6 Å². The molecule has 114 valence electrons. The van der Waals surface area contributed by atoms with Crippen LogP contribution < -0.4 is 4.72 Å². The highest BCUT2D eigenvalue weighted by Crippen LogP contribution is 2.29. The van der Waals surface area contributed by atoms with Crippen molar-refractivity contribution in [3.63, 3.8) is 0 Å². The third kappa shape index (κ3) is 3.35. The zero-order valence-corrected chi connectivity index (χ0v) is 13.1. The van der Waals surface area contributed by atoms with Crippen molar-refractivity contribution in [1.29, 1.82) is 0 Å². The van der Waals surface area contributed by atoms with Crippen molar-refractivity contribution in [3.8, 4) is 0 Å². The van der Waals surface area contributed by atoms with E-state index in [1.807, 2.05) is 0 Å². The van der Waals surface area contributed by atoms with Gasteiger partial charge in [0.1, 0.15) is 6.04 Å². The van der Waals surface area contributed by atoms with Gasteiger partial charge in [0.25, 0.3) is 0 Å². The predicted octanol–water partition coefficient (Wildman–Crippen LogP) is 3.23. The maximum absolute atomic E-state index is 12.5. The first-order valence-electron chi connectivity index (χ1n) is 5.74. The van der Waals surface area contributed by atoms with E-state index in [1.54, 1.807) is 10.8 Å². The molecular formula is C12H10BrF3N2O2S. The van der Waals surface area contributed by atoms with E-state index in [0.717, 1.165) is 6.92 Å². The molecule has 0 aliphatic carbocycles. The van der Waals surface area contributed by atoms with Crippen LogP contribution in [0.2, 0.25) is 0 Å². The third-order valence-corrected chi connectivity index (χ3v) is 5.13. The van der Waals surface area contributed by atoms with Crippen LogP contribution in [0.1, 0.15) is 6.92 Å². The maximum atomic E-state index is 12.5. The van der Waals surface area contributed by atoms with Crippen molar-refractivity contribution < 1.29 is 21.6 Å². The van der Waals surface area contributed by atoms with Gasteiger partial charge in [-0.3, -0.25) is 4.98 Å². The molecule has 0 bridgehead atoms. The van der Waals surface area contributed by atoms with Crippen molar-refractivity contribution in [2.75, 3.05) is 0 Å².